The number of hydrogen-bond donors (Lipinski definition) is 0. The molecule has 0 aliphatic heterocycles. The van der Waals surface area contributed by atoms with E-state index in [0.29, 0.717) is 18.6 Å². The van der Waals surface area contributed by atoms with Crippen molar-refractivity contribution in [2.45, 2.75) is 39.5 Å². The Kier molecular flexibility index (Phi) is 8.72. The van der Waals surface area contributed by atoms with Crippen LogP contribution in [-0.2, 0) is 14.3 Å². The number of unbranched alkanes of at least 4 members (excludes halogenated alkanes) is 2. The minimum absolute atomic E-state index is 0.224. The lowest BCUT2D eigenvalue weighted by Crippen LogP contribution is -2.09. The first-order valence-electron chi connectivity index (χ1n) is 7.67. The van der Waals surface area contributed by atoms with Gasteiger partial charge in [-0.25, -0.2) is 4.79 Å². The lowest BCUT2D eigenvalue weighted by Gasteiger charge is -2.07. The van der Waals surface area contributed by atoms with Gasteiger partial charge < -0.3 is 14.2 Å². The standard InChI is InChI=1S/C17H24O5/c1-3-4-5-11-21-16-9-7-15(8-10-16)17(19)22-13-6-12-20-14(2)18/h7-10H,3-6,11-13H2,1-2H3. The van der Waals surface area contributed by atoms with Crippen LogP contribution in [0.4, 0.5) is 0 Å². The van der Waals surface area contributed by atoms with E-state index >= 15 is 0 Å². The topological polar surface area (TPSA) is 61.8 Å². The maximum absolute atomic E-state index is 11.8. The Balaban J connectivity index is 2.26. The van der Waals surface area contributed by atoms with Crippen molar-refractivity contribution in [3.05, 3.63) is 29.8 Å². The van der Waals surface area contributed by atoms with Gasteiger partial charge in [-0.05, 0) is 30.7 Å². The first-order chi connectivity index (χ1) is 10.6. The van der Waals surface area contributed by atoms with Crippen molar-refractivity contribution in [3.63, 3.8) is 0 Å². The van der Waals surface area contributed by atoms with Gasteiger partial charge in [-0.3, -0.25) is 4.79 Å². The lowest BCUT2D eigenvalue weighted by atomic mass is 10.2. The fourth-order valence-corrected chi connectivity index (χ4v) is 1.75. The summed E-state index contributed by atoms with van der Waals surface area (Å²) in [5, 5.41) is 0. The van der Waals surface area contributed by atoms with Gasteiger partial charge in [-0.15, -0.1) is 0 Å². The average Bonchev–Trinajstić information content (AvgIpc) is 2.51. The van der Waals surface area contributed by atoms with Crippen LogP contribution in [0, 0.1) is 0 Å². The third-order valence-corrected chi connectivity index (χ3v) is 2.93. The van der Waals surface area contributed by atoms with Crippen molar-refractivity contribution in [3.8, 4) is 5.75 Å². The highest BCUT2D eigenvalue weighted by Crippen LogP contribution is 2.13. The number of rotatable bonds is 10. The van der Waals surface area contributed by atoms with Gasteiger partial charge in [0.1, 0.15) is 5.75 Å². The summed E-state index contributed by atoms with van der Waals surface area (Å²) in [6.07, 6.45) is 3.83. The minimum atomic E-state index is -0.389. The second-order valence-corrected chi connectivity index (χ2v) is 4.91. The molecule has 122 valence electrons. The number of ether oxygens (including phenoxy) is 3. The van der Waals surface area contributed by atoms with E-state index in [1.54, 1.807) is 24.3 Å². The van der Waals surface area contributed by atoms with Gasteiger partial charge in [0, 0.05) is 13.3 Å². The molecule has 5 heteroatoms. The molecular formula is C17H24O5. The van der Waals surface area contributed by atoms with Crippen molar-refractivity contribution in [2.75, 3.05) is 19.8 Å². The smallest absolute Gasteiger partial charge is 0.338 e. The molecule has 0 unspecified atom stereocenters. The number of esters is 2. The van der Waals surface area contributed by atoms with E-state index < -0.39 is 0 Å². The van der Waals surface area contributed by atoms with E-state index in [0.717, 1.165) is 25.0 Å². The van der Waals surface area contributed by atoms with Gasteiger partial charge >= 0.3 is 11.9 Å². The lowest BCUT2D eigenvalue weighted by molar-refractivity contribution is -0.141. The van der Waals surface area contributed by atoms with Gasteiger partial charge in [-0.2, -0.15) is 0 Å². The monoisotopic (exact) mass is 308 g/mol. The number of hydrogen-bond acceptors (Lipinski definition) is 5. The van der Waals surface area contributed by atoms with Crippen molar-refractivity contribution >= 4 is 11.9 Å². The largest absolute Gasteiger partial charge is 0.494 e. The molecule has 0 saturated carbocycles. The van der Waals surface area contributed by atoms with Crippen LogP contribution in [0.3, 0.4) is 0 Å². The van der Waals surface area contributed by atoms with Crippen molar-refractivity contribution in [2.24, 2.45) is 0 Å². The van der Waals surface area contributed by atoms with E-state index in [9.17, 15) is 9.59 Å². The summed E-state index contributed by atoms with van der Waals surface area (Å²) in [4.78, 5) is 22.3. The molecule has 0 fully saturated rings. The zero-order chi connectivity index (χ0) is 16.2. The maximum Gasteiger partial charge on any atom is 0.338 e. The van der Waals surface area contributed by atoms with Gasteiger partial charge in [0.25, 0.3) is 0 Å². The first-order valence-corrected chi connectivity index (χ1v) is 7.67. The summed E-state index contributed by atoms with van der Waals surface area (Å²) >= 11 is 0. The van der Waals surface area contributed by atoms with E-state index in [-0.39, 0.29) is 25.2 Å². The zero-order valence-electron chi connectivity index (χ0n) is 13.3. The van der Waals surface area contributed by atoms with E-state index in [4.69, 9.17) is 14.2 Å². The fraction of sp³-hybridized carbons (Fsp3) is 0.529. The molecule has 1 aromatic rings. The minimum Gasteiger partial charge on any atom is -0.494 e. The summed E-state index contributed by atoms with van der Waals surface area (Å²) < 4.78 is 15.4. The zero-order valence-corrected chi connectivity index (χ0v) is 13.3. The molecule has 0 aromatic heterocycles. The van der Waals surface area contributed by atoms with Crippen LogP contribution in [0.2, 0.25) is 0 Å². The Morgan fingerprint density at radius 3 is 2.23 bits per heavy atom. The Bertz CT molecular complexity index is 453. The molecule has 0 N–H and O–H groups in total. The number of carbonyl (C=O) groups excluding carboxylic acids is 2. The molecular weight excluding hydrogens is 284 g/mol. The molecule has 0 heterocycles. The van der Waals surface area contributed by atoms with E-state index in [1.165, 1.54) is 6.92 Å². The highest BCUT2D eigenvalue weighted by atomic mass is 16.5. The van der Waals surface area contributed by atoms with Gasteiger partial charge in [-0.1, -0.05) is 19.8 Å². The van der Waals surface area contributed by atoms with Gasteiger partial charge in [0.15, 0.2) is 0 Å². The molecule has 1 aromatic carbocycles. The predicted molar refractivity (Wildman–Crippen MR) is 83.0 cm³/mol. The van der Waals surface area contributed by atoms with Crippen LogP contribution in [0.25, 0.3) is 0 Å². The van der Waals surface area contributed by atoms with Gasteiger partial charge in [0.2, 0.25) is 0 Å². The molecule has 0 amide bonds. The van der Waals surface area contributed by atoms with Crippen LogP contribution in [0.1, 0.15) is 49.9 Å². The molecule has 0 aliphatic carbocycles. The Morgan fingerprint density at radius 1 is 0.909 bits per heavy atom. The first kappa shape index (κ1) is 18.0. The molecule has 0 aliphatic rings. The molecule has 0 spiro atoms. The molecule has 22 heavy (non-hydrogen) atoms. The molecule has 0 radical (unpaired) electrons. The quantitative estimate of drug-likeness (QED) is 0.490. The fourth-order valence-electron chi connectivity index (χ4n) is 1.75. The average molecular weight is 308 g/mol. The highest BCUT2D eigenvalue weighted by Gasteiger charge is 2.07. The SMILES string of the molecule is CCCCCOc1ccc(C(=O)OCCCOC(C)=O)cc1. The Hall–Kier alpha value is -2.04. The maximum atomic E-state index is 11.8. The second-order valence-electron chi connectivity index (χ2n) is 4.91. The summed E-state index contributed by atoms with van der Waals surface area (Å²) in [6.45, 7) is 4.66. The predicted octanol–water partition coefficient (Wildman–Crippen LogP) is 3.37. The highest BCUT2D eigenvalue weighted by molar-refractivity contribution is 5.89. The summed E-state index contributed by atoms with van der Waals surface area (Å²) in [6, 6.07) is 6.90. The Labute approximate surface area is 131 Å². The second kappa shape index (κ2) is 10.7. The van der Waals surface area contributed by atoms with Gasteiger partial charge in [0.05, 0.1) is 25.4 Å². The number of carbonyl (C=O) groups is 2. The molecule has 0 bridgehead atoms. The van der Waals surface area contributed by atoms with Crippen LogP contribution in [-0.4, -0.2) is 31.8 Å². The van der Waals surface area contributed by atoms with E-state index in [2.05, 4.69) is 6.92 Å². The van der Waals surface area contributed by atoms with Crippen LogP contribution < -0.4 is 4.74 Å². The summed E-state index contributed by atoms with van der Waals surface area (Å²) in [5.41, 5.74) is 0.480. The molecule has 1 rings (SSSR count). The van der Waals surface area contributed by atoms with Crippen LogP contribution >= 0.6 is 0 Å². The summed E-state index contributed by atoms with van der Waals surface area (Å²) in [5.74, 6) is 0.0312. The van der Waals surface area contributed by atoms with Crippen LogP contribution in [0.5, 0.6) is 5.75 Å². The Morgan fingerprint density at radius 2 is 1.59 bits per heavy atom. The molecule has 0 saturated heterocycles. The van der Waals surface area contributed by atoms with Crippen LogP contribution in [0.15, 0.2) is 24.3 Å². The summed E-state index contributed by atoms with van der Waals surface area (Å²) in [7, 11) is 0. The third kappa shape index (κ3) is 7.67. The van der Waals surface area contributed by atoms with E-state index in [1.807, 2.05) is 0 Å². The molecule has 0 atom stereocenters. The van der Waals surface area contributed by atoms with Crippen molar-refractivity contribution < 1.29 is 23.8 Å². The van der Waals surface area contributed by atoms with Crippen molar-refractivity contribution in [1.82, 2.24) is 0 Å². The number of benzene rings is 1. The molecule has 5 nitrogen and oxygen atoms in total. The van der Waals surface area contributed by atoms with Crippen molar-refractivity contribution in [1.29, 1.82) is 0 Å². The normalized spacial score (nSPS) is 10.1. The third-order valence-electron chi connectivity index (χ3n) is 2.93.